The Balaban J connectivity index is 0. The van der Waals surface area contributed by atoms with Gasteiger partial charge in [-0.2, -0.15) is 0 Å². The summed E-state index contributed by atoms with van der Waals surface area (Å²) in [4.78, 5) is 20.3. The van der Waals surface area contributed by atoms with E-state index in [1.54, 1.807) is 0 Å². The largest absolute Gasteiger partial charge is 1.00 e. The molecule has 0 aromatic carbocycles. The SMILES string of the molecule is CC(=O)CCCC[P+](=O)[O-].[Na+]. The number of carbonyl (C=O) groups is 1. The van der Waals surface area contributed by atoms with Gasteiger partial charge in [0, 0.05) is 6.42 Å². The van der Waals surface area contributed by atoms with Crippen molar-refractivity contribution in [3.8, 4) is 0 Å². The zero-order chi connectivity index (χ0) is 7.98. The molecule has 0 rings (SSSR count). The Morgan fingerprint density at radius 3 is 2.36 bits per heavy atom. The van der Waals surface area contributed by atoms with Crippen molar-refractivity contribution in [1.29, 1.82) is 0 Å². The van der Waals surface area contributed by atoms with Crippen LogP contribution in [0.2, 0.25) is 0 Å². The second kappa shape index (κ2) is 8.82. The van der Waals surface area contributed by atoms with Gasteiger partial charge in [-0.3, -0.25) is 0 Å². The molecule has 0 radical (unpaired) electrons. The van der Waals surface area contributed by atoms with Gasteiger partial charge in [0.1, 0.15) is 11.9 Å². The van der Waals surface area contributed by atoms with Crippen LogP contribution in [0.15, 0.2) is 0 Å². The van der Waals surface area contributed by atoms with Gasteiger partial charge in [0.25, 0.3) is 0 Å². The van der Waals surface area contributed by atoms with Crippen LogP contribution in [-0.4, -0.2) is 11.9 Å². The zero-order valence-electron chi connectivity index (χ0n) is 7.00. The molecule has 0 aromatic heterocycles. The molecule has 1 atom stereocenters. The predicted octanol–water partition coefficient (Wildman–Crippen LogP) is -2.15. The first-order valence-electron chi connectivity index (χ1n) is 3.24. The van der Waals surface area contributed by atoms with Gasteiger partial charge in [0.05, 0.1) is 0 Å². The molecule has 0 aliphatic heterocycles. The molecule has 0 aliphatic rings. The maximum absolute atomic E-state index is 10.3. The average Bonchev–Trinajstić information content (AvgIpc) is 1.79. The van der Waals surface area contributed by atoms with Gasteiger partial charge in [-0.25, -0.2) is 0 Å². The average molecular weight is 185 g/mol. The second-order valence-electron chi connectivity index (χ2n) is 2.22. The van der Waals surface area contributed by atoms with Gasteiger partial charge in [-0.1, -0.05) is 4.57 Å². The predicted molar refractivity (Wildman–Crippen MR) is 37.0 cm³/mol. The summed E-state index contributed by atoms with van der Waals surface area (Å²) in [6.45, 7) is 1.51. The fourth-order valence-corrected chi connectivity index (χ4v) is 1.10. The van der Waals surface area contributed by atoms with Crippen LogP contribution in [0.1, 0.15) is 26.2 Å². The van der Waals surface area contributed by atoms with E-state index in [4.69, 9.17) is 0 Å². The molecule has 0 N–H and O–H groups in total. The Morgan fingerprint density at radius 1 is 1.45 bits per heavy atom. The van der Waals surface area contributed by atoms with E-state index in [-0.39, 0.29) is 41.5 Å². The van der Waals surface area contributed by atoms with Crippen molar-refractivity contribution in [3.63, 3.8) is 0 Å². The molecule has 0 heterocycles. The Hall–Kier alpha value is 0.730. The molecule has 0 saturated heterocycles. The molecule has 3 nitrogen and oxygen atoms in total. The second-order valence-corrected chi connectivity index (χ2v) is 3.33. The van der Waals surface area contributed by atoms with E-state index in [9.17, 15) is 14.3 Å². The molecule has 0 aromatic rings. The third-order valence-electron chi connectivity index (χ3n) is 1.12. The summed E-state index contributed by atoms with van der Waals surface area (Å²) in [6.07, 6.45) is 2.02. The normalized spacial score (nSPS) is 10.2. The van der Waals surface area contributed by atoms with E-state index >= 15 is 0 Å². The first kappa shape index (κ1) is 14.3. The molecule has 58 valence electrons. The summed E-state index contributed by atoms with van der Waals surface area (Å²) in [7, 11) is -2.24. The van der Waals surface area contributed by atoms with Gasteiger partial charge in [-0.05, 0) is 19.8 Å². The number of unbranched alkanes of at least 4 members (excludes halogenated alkanes) is 1. The Bertz CT molecular complexity index is 122. The smallest absolute Gasteiger partial charge is 0.596 e. The van der Waals surface area contributed by atoms with Crippen LogP contribution in [0.3, 0.4) is 0 Å². The van der Waals surface area contributed by atoms with Gasteiger partial charge in [0.15, 0.2) is 0 Å². The van der Waals surface area contributed by atoms with Crippen LogP contribution in [-0.2, 0) is 9.36 Å². The fourth-order valence-electron chi connectivity index (χ4n) is 0.615. The maximum atomic E-state index is 10.3. The van der Waals surface area contributed by atoms with Crippen LogP contribution in [0.25, 0.3) is 0 Å². The molecule has 1 unspecified atom stereocenters. The fraction of sp³-hybridized carbons (Fsp3) is 0.833. The van der Waals surface area contributed by atoms with Crippen molar-refractivity contribution < 1.29 is 43.8 Å². The summed E-state index contributed by atoms with van der Waals surface area (Å²) in [5, 5.41) is 0. The third-order valence-corrected chi connectivity index (χ3v) is 1.80. The Kier molecular flexibility index (Phi) is 11.4. The van der Waals surface area contributed by atoms with E-state index in [1.165, 1.54) is 6.92 Å². The van der Waals surface area contributed by atoms with E-state index < -0.39 is 8.03 Å². The minimum atomic E-state index is -2.24. The molecule has 0 fully saturated rings. The molecule has 0 aliphatic carbocycles. The molecule has 0 amide bonds. The van der Waals surface area contributed by atoms with E-state index in [2.05, 4.69) is 0 Å². The summed E-state index contributed by atoms with van der Waals surface area (Å²) in [5.41, 5.74) is 0. The molecule has 0 spiro atoms. The number of ketones is 1. The molecular formula is C6H11NaO3P+. The first-order valence-corrected chi connectivity index (χ1v) is 4.60. The van der Waals surface area contributed by atoms with Crippen molar-refractivity contribution >= 4 is 13.8 Å². The standard InChI is InChI=1S/C6H11O3P.Na/c1-6(7)4-2-3-5-10(8)9;/h2-5H2,1H3;/q;+1. The quantitative estimate of drug-likeness (QED) is 0.279. The van der Waals surface area contributed by atoms with E-state index in [1.807, 2.05) is 0 Å². The molecule has 0 saturated carbocycles. The van der Waals surface area contributed by atoms with Crippen molar-refractivity contribution in [2.24, 2.45) is 0 Å². The minimum absolute atomic E-state index is 0. The summed E-state index contributed by atoms with van der Waals surface area (Å²) < 4.78 is 10.00. The monoisotopic (exact) mass is 185 g/mol. The zero-order valence-corrected chi connectivity index (χ0v) is 9.89. The number of Topliss-reactive ketones (excluding diaryl/α,β-unsaturated/α-hetero) is 1. The van der Waals surface area contributed by atoms with Gasteiger partial charge < -0.3 is 9.69 Å². The van der Waals surface area contributed by atoms with Crippen molar-refractivity contribution in [3.05, 3.63) is 0 Å². The van der Waals surface area contributed by atoms with Crippen LogP contribution in [0, 0.1) is 0 Å². The molecule has 0 bridgehead atoms. The summed E-state index contributed by atoms with van der Waals surface area (Å²) in [6, 6.07) is 0. The maximum Gasteiger partial charge on any atom is 1.00 e. The number of carbonyl (C=O) groups excluding carboxylic acids is 1. The molecular weight excluding hydrogens is 174 g/mol. The number of hydrogen-bond donors (Lipinski definition) is 0. The molecule has 5 heteroatoms. The third kappa shape index (κ3) is 13.7. The van der Waals surface area contributed by atoms with E-state index in [0.29, 0.717) is 19.3 Å². The van der Waals surface area contributed by atoms with Crippen LogP contribution < -0.4 is 34.5 Å². The number of hydrogen-bond acceptors (Lipinski definition) is 3. The topological polar surface area (TPSA) is 57.2 Å². The summed E-state index contributed by atoms with van der Waals surface area (Å²) in [5.74, 6) is 0.126. The van der Waals surface area contributed by atoms with Crippen LogP contribution >= 0.6 is 8.03 Å². The van der Waals surface area contributed by atoms with Crippen molar-refractivity contribution in [1.82, 2.24) is 0 Å². The van der Waals surface area contributed by atoms with Crippen molar-refractivity contribution in [2.45, 2.75) is 26.2 Å². The van der Waals surface area contributed by atoms with Gasteiger partial charge in [-0.15, -0.1) is 0 Å². The van der Waals surface area contributed by atoms with Crippen molar-refractivity contribution in [2.75, 3.05) is 6.16 Å². The Labute approximate surface area is 89.7 Å². The summed E-state index contributed by atoms with van der Waals surface area (Å²) >= 11 is 0. The van der Waals surface area contributed by atoms with Crippen LogP contribution in [0.4, 0.5) is 0 Å². The Morgan fingerprint density at radius 2 is 2.00 bits per heavy atom. The van der Waals surface area contributed by atoms with E-state index in [0.717, 1.165) is 0 Å². The molecule has 11 heavy (non-hydrogen) atoms. The van der Waals surface area contributed by atoms with Gasteiger partial charge in [0.2, 0.25) is 0 Å². The first-order chi connectivity index (χ1) is 4.63. The van der Waals surface area contributed by atoms with Crippen LogP contribution in [0.5, 0.6) is 0 Å². The minimum Gasteiger partial charge on any atom is -0.596 e. The number of rotatable bonds is 5. The van der Waals surface area contributed by atoms with Gasteiger partial charge >= 0.3 is 37.6 Å².